The molecule has 0 aliphatic heterocycles. The number of rotatable bonds is 3. The molecule has 0 amide bonds. The van der Waals surface area contributed by atoms with Crippen molar-refractivity contribution < 1.29 is 0 Å². The number of H-pyrrole nitrogens is 2. The number of imidazole rings is 1. The smallest absolute Gasteiger partial charge is 0.144 e. The van der Waals surface area contributed by atoms with Crippen molar-refractivity contribution in [2.75, 3.05) is 0 Å². The minimum Gasteiger partial charge on any atom is -0.345 e. The molecular weight excluding hydrogens is 348 g/mol. The quantitative estimate of drug-likeness (QED) is 0.686. The zero-order chi connectivity index (χ0) is 14.4. The molecule has 0 unspecified atom stereocenters. The van der Waals surface area contributed by atoms with E-state index in [1.165, 1.54) is 18.5 Å². The summed E-state index contributed by atoms with van der Waals surface area (Å²) >= 11 is 8.89. The van der Waals surface area contributed by atoms with E-state index in [4.69, 9.17) is 12.2 Å². The fourth-order valence-electron chi connectivity index (χ4n) is 2.51. The van der Waals surface area contributed by atoms with E-state index < -0.39 is 0 Å². The van der Waals surface area contributed by atoms with E-state index in [1.807, 2.05) is 24.3 Å². The Hall–Kier alpha value is -1.53. The van der Waals surface area contributed by atoms with Crippen LogP contribution in [-0.4, -0.2) is 19.9 Å². The zero-order valence-corrected chi connectivity index (χ0v) is 13.6. The molecule has 4 rings (SSSR count). The van der Waals surface area contributed by atoms with Gasteiger partial charge in [-0.3, -0.25) is 0 Å². The van der Waals surface area contributed by atoms with E-state index in [9.17, 15) is 0 Å². The molecule has 1 fully saturated rings. The topological polar surface area (TPSA) is 57.4 Å². The molecule has 0 bridgehead atoms. The van der Waals surface area contributed by atoms with E-state index in [0.717, 1.165) is 27.2 Å². The molecule has 2 N–H and O–H groups in total. The number of fused-ring (bicyclic) bond motifs is 1. The lowest BCUT2D eigenvalue weighted by atomic mass is 10.2. The first kappa shape index (κ1) is 13.2. The molecule has 21 heavy (non-hydrogen) atoms. The van der Waals surface area contributed by atoms with Crippen LogP contribution in [0.5, 0.6) is 0 Å². The van der Waals surface area contributed by atoms with Crippen LogP contribution in [0.1, 0.15) is 36.1 Å². The summed E-state index contributed by atoms with van der Waals surface area (Å²) in [4.78, 5) is 15.8. The molecular formula is C15H13BrN4S. The monoisotopic (exact) mass is 360 g/mol. The van der Waals surface area contributed by atoms with E-state index in [-0.39, 0.29) is 0 Å². The molecule has 0 saturated heterocycles. The number of halogens is 1. The van der Waals surface area contributed by atoms with Crippen LogP contribution < -0.4 is 0 Å². The third-order valence-electron chi connectivity index (χ3n) is 3.70. The maximum Gasteiger partial charge on any atom is 0.144 e. The van der Waals surface area contributed by atoms with Crippen LogP contribution in [-0.2, 0) is 6.42 Å². The van der Waals surface area contributed by atoms with Gasteiger partial charge >= 0.3 is 0 Å². The number of aromatic nitrogens is 4. The van der Waals surface area contributed by atoms with Crippen molar-refractivity contribution >= 4 is 39.2 Å². The first-order chi connectivity index (χ1) is 10.2. The van der Waals surface area contributed by atoms with E-state index in [0.29, 0.717) is 17.0 Å². The van der Waals surface area contributed by atoms with E-state index in [1.54, 1.807) is 0 Å². The van der Waals surface area contributed by atoms with Gasteiger partial charge in [0, 0.05) is 11.6 Å². The van der Waals surface area contributed by atoms with Gasteiger partial charge in [0.05, 0.1) is 21.9 Å². The molecule has 6 heteroatoms. The van der Waals surface area contributed by atoms with Gasteiger partial charge in [-0.2, -0.15) is 0 Å². The van der Waals surface area contributed by atoms with Crippen LogP contribution in [0.4, 0.5) is 0 Å². The predicted molar refractivity (Wildman–Crippen MR) is 88.0 cm³/mol. The van der Waals surface area contributed by atoms with Crippen LogP contribution >= 0.6 is 28.1 Å². The molecule has 1 aliphatic rings. The molecule has 3 aromatic rings. The van der Waals surface area contributed by atoms with Gasteiger partial charge in [0.2, 0.25) is 0 Å². The van der Waals surface area contributed by atoms with Crippen LogP contribution in [0.2, 0.25) is 0 Å². The standard InChI is InChI=1S/C15H13BrN4S/c16-13-14(8-5-6-8)19-12(20-15(13)21)7-11-17-9-3-1-2-4-10(9)18-11/h1-4,8H,5-7H2,(H,17,18)(H,19,20,21). The van der Waals surface area contributed by atoms with Crippen molar-refractivity contribution in [2.45, 2.75) is 25.2 Å². The van der Waals surface area contributed by atoms with Gasteiger partial charge in [-0.1, -0.05) is 24.4 Å². The molecule has 1 aliphatic carbocycles. The van der Waals surface area contributed by atoms with E-state index in [2.05, 4.69) is 35.9 Å². The third kappa shape index (κ3) is 2.53. The predicted octanol–water partition coefficient (Wildman–Crippen LogP) is 4.25. The summed E-state index contributed by atoms with van der Waals surface area (Å²) in [6.07, 6.45) is 3.07. The molecule has 0 atom stereocenters. The van der Waals surface area contributed by atoms with Crippen molar-refractivity contribution in [1.82, 2.24) is 19.9 Å². The number of nitrogens with zero attached hydrogens (tertiary/aromatic N) is 2. The second-order valence-corrected chi connectivity index (χ2v) is 6.55. The second-order valence-electron chi connectivity index (χ2n) is 5.37. The number of nitrogens with one attached hydrogen (secondary N) is 2. The molecule has 4 nitrogen and oxygen atoms in total. The van der Waals surface area contributed by atoms with Gasteiger partial charge in [0.25, 0.3) is 0 Å². The Morgan fingerprint density at radius 3 is 2.67 bits per heavy atom. The zero-order valence-electron chi connectivity index (χ0n) is 11.2. The van der Waals surface area contributed by atoms with Crippen LogP contribution in [0.15, 0.2) is 28.7 Å². The molecule has 0 radical (unpaired) electrons. The van der Waals surface area contributed by atoms with Crippen LogP contribution in [0.25, 0.3) is 11.0 Å². The molecule has 106 valence electrons. The normalized spacial score (nSPS) is 14.7. The van der Waals surface area contributed by atoms with Crippen molar-refractivity contribution in [2.24, 2.45) is 0 Å². The number of hydrogen-bond acceptors (Lipinski definition) is 3. The third-order valence-corrected chi connectivity index (χ3v) is 5.06. The van der Waals surface area contributed by atoms with E-state index >= 15 is 0 Å². The summed E-state index contributed by atoms with van der Waals surface area (Å²) in [5, 5.41) is 0. The fourth-order valence-corrected chi connectivity index (χ4v) is 3.24. The van der Waals surface area contributed by atoms with Crippen LogP contribution in [0, 0.1) is 4.64 Å². The van der Waals surface area contributed by atoms with Gasteiger partial charge in [-0.05, 0) is 40.9 Å². The van der Waals surface area contributed by atoms with Gasteiger partial charge in [0.1, 0.15) is 16.3 Å². The fraction of sp³-hybridized carbons (Fsp3) is 0.267. The highest BCUT2D eigenvalue weighted by Crippen LogP contribution is 2.42. The maximum atomic E-state index is 5.35. The average Bonchev–Trinajstić information content (AvgIpc) is 3.22. The summed E-state index contributed by atoms with van der Waals surface area (Å²) < 4.78 is 1.56. The Labute approximate surface area is 135 Å². The van der Waals surface area contributed by atoms with Crippen molar-refractivity contribution in [3.8, 4) is 0 Å². The van der Waals surface area contributed by atoms with Crippen molar-refractivity contribution in [3.63, 3.8) is 0 Å². The highest BCUT2D eigenvalue weighted by atomic mass is 79.9. The molecule has 1 saturated carbocycles. The minimum atomic E-state index is 0.596. The summed E-state index contributed by atoms with van der Waals surface area (Å²) in [5.74, 6) is 2.36. The van der Waals surface area contributed by atoms with Crippen molar-refractivity contribution in [1.29, 1.82) is 0 Å². The van der Waals surface area contributed by atoms with Gasteiger partial charge in [-0.15, -0.1) is 0 Å². The lowest BCUT2D eigenvalue weighted by Gasteiger charge is -2.06. The summed E-state index contributed by atoms with van der Waals surface area (Å²) in [6.45, 7) is 0. The Kier molecular flexibility index (Phi) is 3.15. The maximum absolute atomic E-state index is 5.35. The first-order valence-corrected chi connectivity index (χ1v) is 8.13. The van der Waals surface area contributed by atoms with Crippen molar-refractivity contribution in [3.05, 3.63) is 50.7 Å². The largest absolute Gasteiger partial charge is 0.345 e. The summed E-state index contributed by atoms with van der Waals surface area (Å²) in [6, 6.07) is 8.02. The highest BCUT2D eigenvalue weighted by Gasteiger charge is 2.27. The Bertz CT molecular complexity index is 846. The number of hydrogen-bond donors (Lipinski definition) is 2. The molecule has 2 heterocycles. The van der Waals surface area contributed by atoms with Crippen LogP contribution in [0.3, 0.4) is 0 Å². The summed E-state index contributed by atoms with van der Waals surface area (Å²) in [7, 11) is 0. The lowest BCUT2D eigenvalue weighted by molar-refractivity contribution is 0.859. The Balaban J connectivity index is 1.71. The molecule has 2 aromatic heterocycles. The molecule has 1 aromatic carbocycles. The average molecular weight is 361 g/mol. The first-order valence-electron chi connectivity index (χ1n) is 6.93. The Morgan fingerprint density at radius 2 is 1.90 bits per heavy atom. The Morgan fingerprint density at radius 1 is 1.14 bits per heavy atom. The second kappa shape index (κ2) is 5.03. The lowest BCUT2D eigenvalue weighted by Crippen LogP contribution is -2.03. The number of aromatic amines is 2. The number of benzene rings is 1. The minimum absolute atomic E-state index is 0.596. The molecule has 0 spiro atoms. The number of para-hydroxylation sites is 2. The van der Waals surface area contributed by atoms with Gasteiger partial charge < -0.3 is 9.97 Å². The summed E-state index contributed by atoms with van der Waals surface area (Å²) in [5.41, 5.74) is 3.21. The highest BCUT2D eigenvalue weighted by molar-refractivity contribution is 9.10. The van der Waals surface area contributed by atoms with Gasteiger partial charge in [-0.25, -0.2) is 9.97 Å². The van der Waals surface area contributed by atoms with Gasteiger partial charge in [0.15, 0.2) is 0 Å². The SMILES string of the molecule is S=c1nc(Cc2nc3ccccc3[nH]2)[nH]c(C2CC2)c1Br.